The molecule has 2 aromatic carbocycles. The molecule has 0 aliphatic rings. The summed E-state index contributed by atoms with van der Waals surface area (Å²) in [5.41, 5.74) is 8.71. The van der Waals surface area contributed by atoms with Crippen molar-refractivity contribution in [3.63, 3.8) is 0 Å². The van der Waals surface area contributed by atoms with E-state index in [1.165, 1.54) is 15.3 Å². The van der Waals surface area contributed by atoms with Crippen LogP contribution in [0.25, 0.3) is 10.2 Å². The standard InChI is InChI=1S/C19H21N3S/c1-2-6-15(12-13-7-5-8-14(11-13)18(20)21)19-22-16-9-3-4-10-17(16)23-19/h3-5,7-11,15H,2,6,12H2,1H3,(H3,20,21). The van der Waals surface area contributed by atoms with E-state index in [2.05, 4.69) is 31.2 Å². The summed E-state index contributed by atoms with van der Waals surface area (Å²) in [7, 11) is 0. The van der Waals surface area contributed by atoms with Crippen LogP contribution in [0.5, 0.6) is 0 Å². The number of fused-ring (bicyclic) bond motifs is 1. The molecule has 0 aliphatic heterocycles. The van der Waals surface area contributed by atoms with E-state index in [-0.39, 0.29) is 5.84 Å². The van der Waals surface area contributed by atoms with Gasteiger partial charge in [0.1, 0.15) is 5.84 Å². The van der Waals surface area contributed by atoms with Crippen LogP contribution in [0.1, 0.15) is 41.8 Å². The molecule has 0 fully saturated rings. The first kappa shape index (κ1) is 15.7. The molecule has 0 aliphatic carbocycles. The van der Waals surface area contributed by atoms with E-state index in [1.807, 2.05) is 24.3 Å². The highest BCUT2D eigenvalue weighted by Gasteiger charge is 2.16. The fourth-order valence-corrected chi connectivity index (χ4v) is 3.98. The molecule has 1 heterocycles. The second-order valence-corrected chi connectivity index (χ2v) is 6.89. The first-order valence-electron chi connectivity index (χ1n) is 7.96. The molecule has 0 saturated carbocycles. The Balaban J connectivity index is 1.89. The Morgan fingerprint density at radius 2 is 2.04 bits per heavy atom. The lowest BCUT2D eigenvalue weighted by Crippen LogP contribution is -2.11. The second kappa shape index (κ2) is 6.92. The number of benzene rings is 2. The highest BCUT2D eigenvalue weighted by molar-refractivity contribution is 7.18. The third kappa shape index (κ3) is 3.59. The molecular formula is C19H21N3S. The van der Waals surface area contributed by atoms with Gasteiger partial charge in [0.15, 0.2) is 0 Å². The maximum Gasteiger partial charge on any atom is 0.122 e. The summed E-state index contributed by atoms with van der Waals surface area (Å²) in [5.74, 6) is 0.540. The van der Waals surface area contributed by atoms with Crippen LogP contribution in [-0.4, -0.2) is 10.8 Å². The molecule has 0 bridgehead atoms. The quantitative estimate of drug-likeness (QED) is 0.510. The van der Waals surface area contributed by atoms with Crippen molar-refractivity contribution in [1.29, 1.82) is 5.41 Å². The van der Waals surface area contributed by atoms with Gasteiger partial charge in [-0.05, 0) is 36.6 Å². The maximum absolute atomic E-state index is 7.60. The Kier molecular flexibility index (Phi) is 4.72. The SMILES string of the molecule is CCCC(Cc1cccc(C(=N)N)c1)c1nc2ccccc2s1. The smallest absolute Gasteiger partial charge is 0.122 e. The number of aromatic nitrogens is 1. The van der Waals surface area contributed by atoms with Gasteiger partial charge in [0, 0.05) is 11.5 Å². The summed E-state index contributed by atoms with van der Waals surface area (Å²) >= 11 is 1.80. The molecule has 3 N–H and O–H groups in total. The summed E-state index contributed by atoms with van der Waals surface area (Å²) in [5, 5.41) is 8.81. The van der Waals surface area contributed by atoms with Gasteiger partial charge in [0.25, 0.3) is 0 Å². The Bertz CT molecular complexity index is 789. The van der Waals surface area contributed by atoms with Crippen molar-refractivity contribution in [1.82, 2.24) is 4.98 Å². The van der Waals surface area contributed by atoms with Crippen LogP contribution in [0.15, 0.2) is 48.5 Å². The van der Waals surface area contributed by atoms with Gasteiger partial charge in [-0.3, -0.25) is 5.41 Å². The Morgan fingerprint density at radius 3 is 2.78 bits per heavy atom. The van der Waals surface area contributed by atoms with E-state index in [9.17, 15) is 0 Å². The molecule has 1 unspecified atom stereocenters. The molecule has 0 saturated heterocycles. The minimum Gasteiger partial charge on any atom is -0.384 e. The maximum atomic E-state index is 7.60. The Hall–Kier alpha value is -2.20. The van der Waals surface area contributed by atoms with Crippen molar-refractivity contribution in [3.8, 4) is 0 Å². The average molecular weight is 323 g/mol. The van der Waals surface area contributed by atoms with Crippen LogP contribution in [-0.2, 0) is 6.42 Å². The van der Waals surface area contributed by atoms with Crippen LogP contribution in [0, 0.1) is 5.41 Å². The van der Waals surface area contributed by atoms with Gasteiger partial charge in [-0.1, -0.05) is 43.7 Å². The van der Waals surface area contributed by atoms with Gasteiger partial charge in [-0.25, -0.2) is 4.98 Å². The van der Waals surface area contributed by atoms with Crippen LogP contribution < -0.4 is 5.73 Å². The number of rotatable bonds is 6. The van der Waals surface area contributed by atoms with Gasteiger partial charge in [0.05, 0.1) is 15.2 Å². The van der Waals surface area contributed by atoms with E-state index in [4.69, 9.17) is 16.1 Å². The van der Waals surface area contributed by atoms with Crippen LogP contribution >= 0.6 is 11.3 Å². The summed E-state index contributed by atoms with van der Waals surface area (Å²) in [4.78, 5) is 4.84. The molecule has 0 spiro atoms. The van der Waals surface area contributed by atoms with Crippen molar-refractivity contribution >= 4 is 27.4 Å². The summed E-state index contributed by atoms with van der Waals surface area (Å²) in [6.07, 6.45) is 3.19. The Morgan fingerprint density at radius 1 is 1.22 bits per heavy atom. The zero-order valence-electron chi connectivity index (χ0n) is 13.3. The topological polar surface area (TPSA) is 62.8 Å². The lowest BCUT2D eigenvalue weighted by Gasteiger charge is -2.14. The van der Waals surface area contributed by atoms with Gasteiger partial charge < -0.3 is 5.73 Å². The van der Waals surface area contributed by atoms with Crippen molar-refractivity contribution in [2.45, 2.75) is 32.1 Å². The summed E-state index contributed by atoms with van der Waals surface area (Å²) in [6, 6.07) is 16.3. The minimum absolute atomic E-state index is 0.124. The van der Waals surface area contributed by atoms with Crippen molar-refractivity contribution < 1.29 is 0 Å². The number of thiazole rings is 1. The zero-order chi connectivity index (χ0) is 16.2. The molecule has 118 valence electrons. The normalized spacial score (nSPS) is 12.4. The van der Waals surface area contributed by atoms with Crippen molar-refractivity contribution in [2.75, 3.05) is 0 Å². The van der Waals surface area contributed by atoms with Gasteiger partial charge in [0.2, 0.25) is 0 Å². The van der Waals surface area contributed by atoms with Crippen molar-refractivity contribution in [2.24, 2.45) is 5.73 Å². The van der Waals surface area contributed by atoms with Crippen molar-refractivity contribution in [3.05, 3.63) is 64.7 Å². The lowest BCUT2D eigenvalue weighted by atomic mass is 9.94. The molecule has 0 radical (unpaired) electrons. The molecule has 3 nitrogen and oxygen atoms in total. The van der Waals surface area contributed by atoms with Gasteiger partial charge in [-0.15, -0.1) is 11.3 Å². The number of nitrogen functional groups attached to an aromatic ring is 1. The third-order valence-corrected chi connectivity index (χ3v) is 5.22. The number of hydrogen-bond donors (Lipinski definition) is 2. The molecule has 0 amide bonds. The number of amidine groups is 1. The highest BCUT2D eigenvalue weighted by Crippen LogP contribution is 2.32. The number of hydrogen-bond acceptors (Lipinski definition) is 3. The minimum atomic E-state index is 0.124. The summed E-state index contributed by atoms with van der Waals surface area (Å²) in [6.45, 7) is 2.21. The first-order chi connectivity index (χ1) is 11.2. The van der Waals surface area contributed by atoms with Crippen LogP contribution in [0.2, 0.25) is 0 Å². The molecule has 1 atom stereocenters. The predicted octanol–water partition coefficient (Wildman–Crippen LogP) is 4.71. The van der Waals surface area contributed by atoms with E-state index in [0.29, 0.717) is 5.92 Å². The fourth-order valence-electron chi connectivity index (χ4n) is 2.88. The molecule has 3 aromatic rings. The van der Waals surface area contributed by atoms with Gasteiger partial charge in [-0.2, -0.15) is 0 Å². The number of nitrogens with zero attached hydrogens (tertiary/aromatic N) is 1. The molecular weight excluding hydrogens is 302 g/mol. The Labute approximate surface area is 140 Å². The lowest BCUT2D eigenvalue weighted by molar-refractivity contribution is 0.608. The van der Waals surface area contributed by atoms with E-state index in [1.54, 1.807) is 11.3 Å². The van der Waals surface area contributed by atoms with E-state index in [0.717, 1.165) is 30.3 Å². The van der Waals surface area contributed by atoms with Gasteiger partial charge >= 0.3 is 0 Å². The third-order valence-electron chi connectivity index (χ3n) is 4.02. The predicted molar refractivity (Wildman–Crippen MR) is 98.4 cm³/mol. The molecule has 3 rings (SSSR count). The largest absolute Gasteiger partial charge is 0.384 e. The molecule has 23 heavy (non-hydrogen) atoms. The fraction of sp³-hybridized carbons (Fsp3) is 0.263. The number of nitrogens with one attached hydrogen (secondary N) is 1. The van der Waals surface area contributed by atoms with E-state index >= 15 is 0 Å². The second-order valence-electron chi connectivity index (χ2n) is 5.82. The molecule has 4 heteroatoms. The van der Waals surface area contributed by atoms with Crippen LogP contribution in [0.4, 0.5) is 0 Å². The zero-order valence-corrected chi connectivity index (χ0v) is 14.1. The molecule has 1 aromatic heterocycles. The number of para-hydroxylation sites is 1. The average Bonchev–Trinajstić information content (AvgIpc) is 2.98. The first-order valence-corrected chi connectivity index (χ1v) is 8.78. The number of nitrogens with two attached hydrogens (primary N) is 1. The highest BCUT2D eigenvalue weighted by atomic mass is 32.1. The van der Waals surface area contributed by atoms with E-state index < -0.39 is 0 Å². The summed E-state index contributed by atoms with van der Waals surface area (Å²) < 4.78 is 1.25. The monoisotopic (exact) mass is 323 g/mol. The van der Waals surface area contributed by atoms with Crippen LogP contribution in [0.3, 0.4) is 0 Å².